The van der Waals surface area contributed by atoms with Crippen molar-refractivity contribution in [1.82, 2.24) is 30.0 Å². The van der Waals surface area contributed by atoms with E-state index in [1.165, 1.54) is 23.0 Å². The zero-order chi connectivity index (χ0) is 18.1. The number of thioether (sulfide) groups is 1. The van der Waals surface area contributed by atoms with Gasteiger partial charge in [-0.1, -0.05) is 30.0 Å². The van der Waals surface area contributed by atoms with Gasteiger partial charge in [0.2, 0.25) is 5.91 Å². The number of carbonyl (C=O) groups excluding carboxylic acids is 2. The quantitative estimate of drug-likeness (QED) is 0.558. The largest absolute Gasteiger partial charge is 0.336 e. The molecule has 0 aliphatic carbocycles. The van der Waals surface area contributed by atoms with E-state index in [4.69, 9.17) is 0 Å². The number of nitrogens with one attached hydrogen (secondary N) is 1. The van der Waals surface area contributed by atoms with E-state index in [0.717, 1.165) is 11.1 Å². The van der Waals surface area contributed by atoms with Crippen LogP contribution >= 0.6 is 11.8 Å². The maximum Gasteiger partial charge on any atom is 0.324 e. The summed E-state index contributed by atoms with van der Waals surface area (Å²) in [4.78, 5) is 34.1. The summed E-state index contributed by atoms with van der Waals surface area (Å²) < 4.78 is 1.74. The first kappa shape index (κ1) is 16.5. The molecule has 1 saturated heterocycles. The summed E-state index contributed by atoms with van der Waals surface area (Å²) in [6.07, 6.45) is 3.16. The smallest absolute Gasteiger partial charge is 0.324 e. The average Bonchev–Trinajstić information content (AvgIpc) is 3.28. The van der Waals surface area contributed by atoms with Crippen LogP contribution in [0, 0.1) is 0 Å². The van der Waals surface area contributed by atoms with Crippen LogP contribution in [0.2, 0.25) is 0 Å². The minimum absolute atomic E-state index is 0.229. The van der Waals surface area contributed by atoms with Gasteiger partial charge in [0, 0.05) is 13.1 Å². The molecule has 0 spiro atoms. The second-order valence-corrected chi connectivity index (χ2v) is 7.12. The summed E-state index contributed by atoms with van der Waals surface area (Å²) in [6, 6.07) is 9.35. The molecule has 132 valence electrons. The van der Waals surface area contributed by atoms with Gasteiger partial charge in [0.15, 0.2) is 5.65 Å². The Hall–Kier alpha value is -2.94. The van der Waals surface area contributed by atoms with Crippen molar-refractivity contribution >= 4 is 34.7 Å². The van der Waals surface area contributed by atoms with E-state index in [-0.39, 0.29) is 11.9 Å². The first-order valence-electron chi connectivity index (χ1n) is 8.15. The summed E-state index contributed by atoms with van der Waals surface area (Å²) in [5.41, 5.74) is 1.57. The maximum absolute atomic E-state index is 12.5. The predicted octanol–water partition coefficient (Wildman–Crippen LogP) is 1.85. The van der Waals surface area contributed by atoms with Crippen molar-refractivity contribution in [3.05, 3.63) is 42.9 Å². The molecule has 1 atom stereocenters. The molecule has 0 bridgehead atoms. The molecular formula is C17H16N6O2S. The topological polar surface area (TPSA) is 93.0 Å². The van der Waals surface area contributed by atoms with Gasteiger partial charge >= 0.3 is 6.03 Å². The zero-order valence-electron chi connectivity index (χ0n) is 14.0. The van der Waals surface area contributed by atoms with Crippen LogP contribution in [0.1, 0.15) is 6.92 Å². The molecule has 1 aliphatic rings. The number of fused-ring (bicyclic) bond motifs is 1. The number of aromatic nitrogens is 4. The third-order valence-corrected chi connectivity index (χ3v) is 5.19. The zero-order valence-corrected chi connectivity index (χ0v) is 14.8. The number of hydrogen-bond donors (Lipinski definition) is 1. The van der Waals surface area contributed by atoms with Gasteiger partial charge in [0.25, 0.3) is 0 Å². The lowest BCUT2D eigenvalue weighted by Gasteiger charge is -2.17. The van der Waals surface area contributed by atoms with Crippen LogP contribution in [-0.2, 0) is 4.79 Å². The highest BCUT2D eigenvalue weighted by molar-refractivity contribution is 8.00. The lowest BCUT2D eigenvalue weighted by atomic mass is 10.3. The number of hydrogen-bond acceptors (Lipinski definition) is 6. The van der Waals surface area contributed by atoms with Gasteiger partial charge in [0.05, 0.1) is 22.5 Å². The van der Waals surface area contributed by atoms with Gasteiger partial charge in [-0.3, -0.25) is 9.69 Å². The number of urea groups is 1. The number of carbonyl (C=O) groups is 2. The highest BCUT2D eigenvalue weighted by Gasteiger charge is 2.30. The van der Waals surface area contributed by atoms with Crippen molar-refractivity contribution in [2.75, 3.05) is 13.1 Å². The summed E-state index contributed by atoms with van der Waals surface area (Å²) in [6.45, 7) is 2.66. The van der Waals surface area contributed by atoms with Crippen LogP contribution in [0.25, 0.3) is 16.7 Å². The Bertz CT molecular complexity index is 974. The molecule has 0 saturated carbocycles. The molecule has 9 heteroatoms. The van der Waals surface area contributed by atoms with Crippen molar-refractivity contribution in [3.63, 3.8) is 0 Å². The number of para-hydroxylation sites is 1. The fourth-order valence-corrected chi connectivity index (χ4v) is 3.74. The number of rotatable bonds is 4. The minimum Gasteiger partial charge on any atom is -0.336 e. The second kappa shape index (κ2) is 6.75. The molecule has 3 heterocycles. The highest BCUT2D eigenvalue weighted by Crippen LogP contribution is 2.29. The fraction of sp³-hybridized carbons (Fsp3) is 0.235. The van der Waals surface area contributed by atoms with Gasteiger partial charge < -0.3 is 5.32 Å². The molecule has 26 heavy (non-hydrogen) atoms. The molecule has 3 amide bonds. The van der Waals surface area contributed by atoms with E-state index >= 15 is 0 Å². The SMILES string of the molecule is CC(Sc1ncnc2c1cnn2-c1ccccc1)C(=O)N1CCNC1=O. The molecule has 3 aromatic rings. The Labute approximate surface area is 153 Å². The minimum atomic E-state index is -0.447. The van der Waals surface area contributed by atoms with Crippen LogP contribution < -0.4 is 5.32 Å². The Balaban J connectivity index is 1.62. The Kier molecular flexibility index (Phi) is 4.29. The summed E-state index contributed by atoms with van der Waals surface area (Å²) in [5.74, 6) is -0.229. The number of amides is 3. The molecule has 1 aliphatic heterocycles. The van der Waals surface area contributed by atoms with E-state index in [1.54, 1.807) is 17.8 Å². The molecule has 4 rings (SSSR count). The van der Waals surface area contributed by atoms with Crippen molar-refractivity contribution in [1.29, 1.82) is 0 Å². The van der Waals surface area contributed by atoms with Gasteiger partial charge in [-0.25, -0.2) is 19.4 Å². The molecular weight excluding hydrogens is 352 g/mol. The van der Waals surface area contributed by atoms with Crippen LogP contribution in [-0.4, -0.2) is 54.9 Å². The first-order chi connectivity index (χ1) is 12.6. The molecule has 2 aromatic heterocycles. The van der Waals surface area contributed by atoms with Gasteiger partial charge in [-0.05, 0) is 19.1 Å². The Morgan fingerprint density at radius 2 is 2.08 bits per heavy atom. The van der Waals surface area contributed by atoms with Crippen molar-refractivity contribution in [2.24, 2.45) is 0 Å². The lowest BCUT2D eigenvalue weighted by Crippen LogP contribution is -2.38. The Morgan fingerprint density at radius 3 is 2.81 bits per heavy atom. The lowest BCUT2D eigenvalue weighted by molar-refractivity contribution is -0.126. The standard InChI is InChI=1S/C17H16N6O2S/c1-11(16(24)22-8-7-18-17(22)25)26-15-13-9-21-23(14(13)19-10-20-15)12-5-3-2-4-6-12/h2-6,9-11H,7-8H2,1H3,(H,18,25). The molecule has 8 nitrogen and oxygen atoms in total. The normalized spacial score (nSPS) is 15.3. The second-order valence-electron chi connectivity index (χ2n) is 5.79. The maximum atomic E-state index is 12.5. The van der Waals surface area contributed by atoms with E-state index in [9.17, 15) is 9.59 Å². The number of imide groups is 1. The van der Waals surface area contributed by atoms with Crippen molar-refractivity contribution in [3.8, 4) is 5.69 Å². The summed E-state index contributed by atoms with van der Waals surface area (Å²) in [7, 11) is 0. The average molecular weight is 368 g/mol. The van der Waals surface area contributed by atoms with Crippen molar-refractivity contribution < 1.29 is 9.59 Å². The van der Waals surface area contributed by atoms with Crippen LogP contribution in [0.4, 0.5) is 4.79 Å². The molecule has 1 N–H and O–H groups in total. The van der Waals surface area contributed by atoms with E-state index in [0.29, 0.717) is 23.8 Å². The number of nitrogens with zero attached hydrogens (tertiary/aromatic N) is 5. The van der Waals surface area contributed by atoms with E-state index in [1.807, 2.05) is 30.3 Å². The van der Waals surface area contributed by atoms with Gasteiger partial charge in [0.1, 0.15) is 11.4 Å². The van der Waals surface area contributed by atoms with Crippen LogP contribution in [0.5, 0.6) is 0 Å². The fourth-order valence-electron chi connectivity index (χ4n) is 2.79. The Morgan fingerprint density at radius 1 is 1.27 bits per heavy atom. The van der Waals surface area contributed by atoms with E-state index < -0.39 is 5.25 Å². The monoisotopic (exact) mass is 368 g/mol. The molecule has 1 unspecified atom stereocenters. The predicted molar refractivity (Wildman–Crippen MR) is 97.1 cm³/mol. The third kappa shape index (κ3) is 2.90. The van der Waals surface area contributed by atoms with Gasteiger partial charge in [-0.15, -0.1) is 0 Å². The van der Waals surface area contributed by atoms with Crippen molar-refractivity contribution in [2.45, 2.75) is 17.2 Å². The number of benzene rings is 1. The molecule has 0 radical (unpaired) electrons. The van der Waals surface area contributed by atoms with Gasteiger partial charge in [-0.2, -0.15) is 5.10 Å². The van der Waals surface area contributed by atoms with E-state index in [2.05, 4.69) is 20.4 Å². The summed E-state index contributed by atoms with van der Waals surface area (Å²) >= 11 is 1.30. The molecule has 1 aromatic carbocycles. The van der Waals surface area contributed by atoms with Crippen LogP contribution in [0.15, 0.2) is 47.9 Å². The first-order valence-corrected chi connectivity index (χ1v) is 9.03. The third-order valence-electron chi connectivity index (χ3n) is 4.09. The van der Waals surface area contributed by atoms with Crippen LogP contribution in [0.3, 0.4) is 0 Å². The molecule has 1 fully saturated rings. The highest BCUT2D eigenvalue weighted by atomic mass is 32.2. The summed E-state index contributed by atoms with van der Waals surface area (Å²) in [5, 5.41) is 8.04.